The molecule has 0 bridgehead atoms. The van der Waals surface area contributed by atoms with Crippen LogP contribution < -0.4 is 19.5 Å². The van der Waals surface area contributed by atoms with Crippen LogP contribution in [0.2, 0.25) is 0 Å². The monoisotopic (exact) mass is 551 g/mol. The number of anilines is 1. The van der Waals surface area contributed by atoms with E-state index in [1.165, 1.54) is 0 Å². The number of aryl methyl sites for hydroxylation is 2. The summed E-state index contributed by atoms with van der Waals surface area (Å²) in [5, 5.41) is 8.22. The fourth-order valence-electron chi connectivity index (χ4n) is 4.02. The van der Waals surface area contributed by atoms with E-state index in [1.54, 1.807) is 21.3 Å². The third-order valence-corrected chi connectivity index (χ3v) is 6.27. The van der Waals surface area contributed by atoms with Gasteiger partial charge in [-0.25, -0.2) is 9.97 Å². The molecule has 0 aliphatic heterocycles. The highest BCUT2D eigenvalue weighted by Gasteiger charge is 2.17. The number of hydrogen-bond donors (Lipinski definition) is 1. The number of benzene rings is 2. The molecule has 0 unspecified atom stereocenters. The molecule has 2 heterocycles. The SMILES string of the molecule is CCCc1nn(C)c2c(NCc3ccc(Br)cc3)nc(C=Cc3cc(OC)c(OC)c(OC)c3)nc12. The lowest BCUT2D eigenvalue weighted by molar-refractivity contribution is 0.324. The number of methoxy groups -OCH3 is 3. The molecular formula is C27H30BrN5O3. The molecule has 4 aromatic rings. The number of hydrogen-bond acceptors (Lipinski definition) is 7. The summed E-state index contributed by atoms with van der Waals surface area (Å²) < 4.78 is 19.3. The second-order valence-electron chi connectivity index (χ2n) is 8.22. The van der Waals surface area contributed by atoms with Gasteiger partial charge in [0.1, 0.15) is 11.0 Å². The molecule has 2 aromatic carbocycles. The summed E-state index contributed by atoms with van der Waals surface area (Å²) in [6.07, 6.45) is 5.64. The predicted octanol–water partition coefficient (Wildman–Crippen LogP) is 5.89. The Labute approximate surface area is 219 Å². The molecule has 0 saturated carbocycles. The van der Waals surface area contributed by atoms with E-state index in [9.17, 15) is 0 Å². The topological polar surface area (TPSA) is 83.3 Å². The third-order valence-electron chi connectivity index (χ3n) is 5.74. The molecule has 0 radical (unpaired) electrons. The standard InChI is InChI=1S/C27H30BrN5O3/c1-6-7-20-24-25(33(2)32-20)27(29-16-17-8-11-19(28)12-9-17)31-23(30-24)13-10-18-14-21(34-3)26(36-5)22(15-18)35-4/h8-15H,6-7,16H2,1-5H3,(H,29,30,31). The molecule has 4 rings (SSSR count). The van der Waals surface area contributed by atoms with Crippen molar-refractivity contribution in [2.45, 2.75) is 26.3 Å². The first-order chi connectivity index (χ1) is 17.5. The lowest BCUT2D eigenvalue weighted by atomic mass is 10.1. The lowest BCUT2D eigenvalue weighted by Gasteiger charge is -2.13. The van der Waals surface area contributed by atoms with Gasteiger partial charge in [-0.15, -0.1) is 0 Å². The van der Waals surface area contributed by atoms with Crippen molar-refractivity contribution in [3.8, 4) is 17.2 Å². The van der Waals surface area contributed by atoms with Gasteiger partial charge in [-0.2, -0.15) is 5.10 Å². The quantitative estimate of drug-likeness (QED) is 0.263. The van der Waals surface area contributed by atoms with E-state index in [2.05, 4.69) is 40.3 Å². The summed E-state index contributed by atoms with van der Waals surface area (Å²) in [5.74, 6) is 3.04. The van der Waals surface area contributed by atoms with Crippen molar-refractivity contribution in [3.05, 3.63) is 63.5 Å². The maximum atomic E-state index is 5.48. The number of halogens is 1. The maximum absolute atomic E-state index is 5.48. The number of fused-ring (bicyclic) bond motifs is 1. The van der Waals surface area contributed by atoms with Crippen molar-refractivity contribution in [1.82, 2.24) is 19.7 Å². The van der Waals surface area contributed by atoms with Crippen molar-refractivity contribution < 1.29 is 14.2 Å². The summed E-state index contributed by atoms with van der Waals surface area (Å²) in [4.78, 5) is 9.70. The van der Waals surface area contributed by atoms with Gasteiger partial charge >= 0.3 is 0 Å². The van der Waals surface area contributed by atoms with Crippen molar-refractivity contribution >= 4 is 44.9 Å². The van der Waals surface area contributed by atoms with Crippen LogP contribution in [0, 0.1) is 0 Å². The highest BCUT2D eigenvalue weighted by atomic mass is 79.9. The predicted molar refractivity (Wildman–Crippen MR) is 147 cm³/mol. The van der Waals surface area contributed by atoms with Crippen molar-refractivity contribution in [2.24, 2.45) is 7.05 Å². The molecule has 36 heavy (non-hydrogen) atoms. The van der Waals surface area contributed by atoms with Crippen LogP contribution in [-0.2, 0) is 20.0 Å². The number of nitrogens with zero attached hydrogens (tertiary/aromatic N) is 4. The largest absolute Gasteiger partial charge is 0.493 e. The average Bonchev–Trinajstić information content (AvgIpc) is 3.21. The second-order valence-corrected chi connectivity index (χ2v) is 9.14. The fourth-order valence-corrected chi connectivity index (χ4v) is 4.28. The zero-order chi connectivity index (χ0) is 25.7. The van der Waals surface area contributed by atoms with E-state index in [0.29, 0.717) is 29.6 Å². The van der Waals surface area contributed by atoms with Gasteiger partial charge in [0.15, 0.2) is 23.1 Å². The lowest BCUT2D eigenvalue weighted by Crippen LogP contribution is -2.06. The first kappa shape index (κ1) is 25.5. The zero-order valence-corrected chi connectivity index (χ0v) is 22.7. The van der Waals surface area contributed by atoms with Gasteiger partial charge in [0.2, 0.25) is 5.75 Å². The van der Waals surface area contributed by atoms with Crippen LogP contribution in [0.25, 0.3) is 23.2 Å². The molecule has 0 saturated heterocycles. The van der Waals surface area contributed by atoms with E-state index >= 15 is 0 Å². The van der Waals surface area contributed by atoms with Crippen LogP contribution in [0.4, 0.5) is 5.82 Å². The zero-order valence-electron chi connectivity index (χ0n) is 21.1. The van der Waals surface area contributed by atoms with Crippen LogP contribution in [0.3, 0.4) is 0 Å². The Bertz CT molecular complexity index is 1360. The molecule has 2 aromatic heterocycles. The molecular weight excluding hydrogens is 522 g/mol. The average molecular weight is 552 g/mol. The molecule has 0 fully saturated rings. The van der Waals surface area contributed by atoms with Gasteiger partial charge in [0.25, 0.3) is 0 Å². The number of nitrogens with one attached hydrogen (secondary N) is 1. The third kappa shape index (κ3) is 5.46. The highest BCUT2D eigenvalue weighted by Crippen LogP contribution is 2.38. The number of ether oxygens (including phenoxy) is 3. The smallest absolute Gasteiger partial charge is 0.203 e. The minimum atomic E-state index is 0.550. The molecule has 0 atom stereocenters. The molecule has 0 aliphatic rings. The number of rotatable bonds is 10. The van der Waals surface area contributed by atoms with Crippen LogP contribution in [0.15, 0.2) is 40.9 Å². The van der Waals surface area contributed by atoms with E-state index in [-0.39, 0.29) is 0 Å². The molecule has 188 valence electrons. The minimum Gasteiger partial charge on any atom is -0.493 e. The Balaban J connectivity index is 1.73. The molecule has 0 aliphatic carbocycles. The maximum Gasteiger partial charge on any atom is 0.203 e. The van der Waals surface area contributed by atoms with E-state index in [4.69, 9.17) is 29.3 Å². The molecule has 0 spiro atoms. The van der Waals surface area contributed by atoms with E-state index in [0.717, 1.165) is 51.0 Å². The van der Waals surface area contributed by atoms with Crippen LogP contribution >= 0.6 is 15.9 Å². The second kappa shape index (κ2) is 11.4. The van der Waals surface area contributed by atoms with Crippen molar-refractivity contribution in [1.29, 1.82) is 0 Å². The van der Waals surface area contributed by atoms with Gasteiger partial charge in [-0.05, 0) is 47.9 Å². The first-order valence-electron chi connectivity index (χ1n) is 11.7. The van der Waals surface area contributed by atoms with Gasteiger partial charge in [0, 0.05) is 18.1 Å². The van der Waals surface area contributed by atoms with Crippen molar-refractivity contribution in [3.63, 3.8) is 0 Å². The Hall–Kier alpha value is -3.59. The summed E-state index contributed by atoms with van der Waals surface area (Å²) in [6, 6.07) is 12.0. The Kier molecular flexibility index (Phi) is 8.10. The Morgan fingerprint density at radius 1 is 0.972 bits per heavy atom. The summed E-state index contributed by atoms with van der Waals surface area (Å²) in [6.45, 7) is 2.77. The van der Waals surface area contributed by atoms with Crippen LogP contribution in [0.5, 0.6) is 17.2 Å². The van der Waals surface area contributed by atoms with E-state index in [1.807, 2.05) is 48.1 Å². The molecule has 9 heteroatoms. The normalized spacial score (nSPS) is 11.3. The first-order valence-corrected chi connectivity index (χ1v) is 12.5. The summed E-state index contributed by atoms with van der Waals surface area (Å²) in [5.41, 5.74) is 4.73. The molecule has 0 amide bonds. The fraction of sp³-hybridized carbons (Fsp3) is 0.296. The molecule has 8 nitrogen and oxygen atoms in total. The van der Waals surface area contributed by atoms with Gasteiger partial charge in [-0.1, -0.05) is 47.5 Å². The highest BCUT2D eigenvalue weighted by molar-refractivity contribution is 9.10. The Morgan fingerprint density at radius 3 is 2.28 bits per heavy atom. The summed E-state index contributed by atoms with van der Waals surface area (Å²) in [7, 11) is 6.72. The van der Waals surface area contributed by atoms with E-state index < -0.39 is 0 Å². The van der Waals surface area contributed by atoms with Crippen LogP contribution in [0.1, 0.15) is 36.0 Å². The summed E-state index contributed by atoms with van der Waals surface area (Å²) >= 11 is 3.49. The van der Waals surface area contributed by atoms with Gasteiger partial charge in [0.05, 0.1) is 27.0 Å². The van der Waals surface area contributed by atoms with Gasteiger partial charge in [-0.3, -0.25) is 4.68 Å². The molecule has 1 N–H and O–H groups in total. The Morgan fingerprint density at radius 2 is 1.67 bits per heavy atom. The van der Waals surface area contributed by atoms with Crippen molar-refractivity contribution in [2.75, 3.05) is 26.6 Å². The van der Waals surface area contributed by atoms with Crippen LogP contribution in [-0.4, -0.2) is 41.1 Å². The number of aromatic nitrogens is 4. The van der Waals surface area contributed by atoms with Gasteiger partial charge < -0.3 is 19.5 Å². The minimum absolute atomic E-state index is 0.550.